The Morgan fingerprint density at radius 2 is 1.89 bits per heavy atom. The predicted octanol–water partition coefficient (Wildman–Crippen LogP) is 4.02. The molecular weight excluding hydrogens is 339 g/mol. The summed E-state index contributed by atoms with van der Waals surface area (Å²) in [5.41, 5.74) is 3.49. The van der Waals surface area contributed by atoms with Gasteiger partial charge in [-0.25, -0.2) is 4.39 Å². The van der Waals surface area contributed by atoms with Crippen molar-refractivity contribution in [2.45, 2.75) is 38.6 Å². The Morgan fingerprint density at radius 3 is 2.59 bits per heavy atom. The van der Waals surface area contributed by atoms with Crippen molar-refractivity contribution in [3.8, 4) is 0 Å². The Bertz CT molecular complexity index is 812. The van der Waals surface area contributed by atoms with Crippen LogP contribution in [0, 0.1) is 18.2 Å². The summed E-state index contributed by atoms with van der Waals surface area (Å²) in [7, 11) is 0. The van der Waals surface area contributed by atoms with Crippen molar-refractivity contribution in [1.82, 2.24) is 10.2 Å². The average molecular weight is 366 g/mol. The average Bonchev–Trinajstić information content (AvgIpc) is 2.66. The number of piperidine rings is 2. The number of hydrogen-bond acceptors (Lipinski definition) is 2. The van der Waals surface area contributed by atoms with Crippen molar-refractivity contribution in [2.24, 2.45) is 5.41 Å². The van der Waals surface area contributed by atoms with Gasteiger partial charge in [-0.1, -0.05) is 36.4 Å². The maximum atomic E-state index is 13.6. The number of likely N-dealkylation sites (tertiary alicyclic amines) is 1. The maximum absolute atomic E-state index is 13.6. The SMILES string of the molecule is Cc1cc(F)ccc1C1CNC(=O)CC12CCN(Cc1ccccc1)CC2. The monoisotopic (exact) mass is 366 g/mol. The van der Waals surface area contributed by atoms with Crippen LogP contribution in [0.5, 0.6) is 0 Å². The van der Waals surface area contributed by atoms with Crippen LogP contribution in [0.4, 0.5) is 4.39 Å². The lowest BCUT2D eigenvalue weighted by molar-refractivity contribution is -0.128. The molecule has 4 heteroatoms. The van der Waals surface area contributed by atoms with Gasteiger partial charge in [-0.05, 0) is 67.1 Å². The van der Waals surface area contributed by atoms with Gasteiger partial charge in [0.2, 0.25) is 5.91 Å². The van der Waals surface area contributed by atoms with Gasteiger partial charge in [-0.3, -0.25) is 9.69 Å². The molecule has 0 bridgehead atoms. The molecule has 2 aliphatic rings. The van der Waals surface area contributed by atoms with E-state index in [-0.39, 0.29) is 23.1 Å². The molecule has 2 saturated heterocycles. The second-order valence-corrected chi connectivity index (χ2v) is 8.16. The second-order valence-electron chi connectivity index (χ2n) is 8.16. The Kier molecular flexibility index (Phi) is 5.00. The van der Waals surface area contributed by atoms with Gasteiger partial charge < -0.3 is 5.32 Å². The third kappa shape index (κ3) is 3.77. The van der Waals surface area contributed by atoms with Gasteiger partial charge in [0, 0.05) is 25.4 Å². The fourth-order valence-electron chi connectivity index (χ4n) is 4.93. The molecule has 1 N–H and O–H groups in total. The molecule has 4 rings (SSSR count). The second kappa shape index (κ2) is 7.43. The third-order valence-corrected chi connectivity index (χ3v) is 6.46. The van der Waals surface area contributed by atoms with Crippen molar-refractivity contribution in [3.05, 3.63) is 71.0 Å². The minimum absolute atomic E-state index is 0.0158. The Morgan fingerprint density at radius 1 is 1.15 bits per heavy atom. The van der Waals surface area contributed by atoms with Crippen LogP contribution in [0.1, 0.15) is 41.9 Å². The number of aryl methyl sites for hydroxylation is 1. The van der Waals surface area contributed by atoms with Gasteiger partial charge in [0.15, 0.2) is 0 Å². The number of nitrogens with one attached hydrogen (secondary N) is 1. The molecule has 0 aromatic heterocycles. The van der Waals surface area contributed by atoms with E-state index in [9.17, 15) is 9.18 Å². The molecule has 3 nitrogen and oxygen atoms in total. The minimum atomic E-state index is -0.192. The fraction of sp³-hybridized carbons (Fsp3) is 0.435. The van der Waals surface area contributed by atoms with Crippen molar-refractivity contribution >= 4 is 5.91 Å². The number of amides is 1. The molecule has 2 aromatic rings. The number of rotatable bonds is 3. The smallest absolute Gasteiger partial charge is 0.220 e. The molecule has 1 unspecified atom stereocenters. The molecule has 0 radical (unpaired) electrons. The fourth-order valence-corrected chi connectivity index (χ4v) is 4.93. The minimum Gasteiger partial charge on any atom is -0.355 e. The molecule has 1 spiro atoms. The summed E-state index contributed by atoms with van der Waals surface area (Å²) in [4.78, 5) is 14.7. The van der Waals surface area contributed by atoms with Gasteiger partial charge in [0.05, 0.1) is 0 Å². The lowest BCUT2D eigenvalue weighted by Gasteiger charge is -2.49. The lowest BCUT2D eigenvalue weighted by Crippen LogP contribution is -2.52. The van der Waals surface area contributed by atoms with Gasteiger partial charge in [-0.2, -0.15) is 0 Å². The zero-order chi connectivity index (χ0) is 18.9. The van der Waals surface area contributed by atoms with E-state index in [1.54, 1.807) is 12.1 Å². The molecule has 27 heavy (non-hydrogen) atoms. The summed E-state index contributed by atoms with van der Waals surface area (Å²) in [5, 5.41) is 3.05. The quantitative estimate of drug-likeness (QED) is 0.890. The molecule has 0 aliphatic carbocycles. The number of carbonyl (C=O) groups excluding carboxylic acids is 1. The normalized spacial score (nSPS) is 22.6. The first kappa shape index (κ1) is 18.2. The number of carbonyl (C=O) groups is 1. The molecule has 2 fully saturated rings. The van der Waals surface area contributed by atoms with Gasteiger partial charge >= 0.3 is 0 Å². The highest BCUT2D eigenvalue weighted by molar-refractivity contribution is 5.78. The summed E-state index contributed by atoms with van der Waals surface area (Å²) < 4.78 is 13.6. The van der Waals surface area contributed by atoms with E-state index in [0.717, 1.165) is 38.0 Å². The highest BCUT2D eigenvalue weighted by Crippen LogP contribution is 2.49. The molecule has 2 aliphatic heterocycles. The first-order valence-electron chi connectivity index (χ1n) is 9.85. The van der Waals surface area contributed by atoms with Crippen LogP contribution in [0.3, 0.4) is 0 Å². The first-order chi connectivity index (χ1) is 13.1. The van der Waals surface area contributed by atoms with Crippen LogP contribution in [0.15, 0.2) is 48.5 Å². The molecular formula is C23H27FN2O. The standard InChI is InChI=1S/C23H27FN2O/c1-17-13-19(24)7-8-20(17)21-15-25-22(27)14-23(21)9-11-26(12-10-23)16-18-5-3-2-4-6-18/h2-8,13,21H,9-12,14-16H2,1H3,(H,25,27). The van der Waals surface area contributed by atoms with Gasteiger partial charge in [0.25, 0.3) is 0 Å². The zero-order valence-corrected chi connectivity index (χ0v) is 15.9. The number of hydrogen-bond donors (Lipinski definition) is 1. The van der Waals surface area contributed by atoms with Crippen LogP contribution in [-0.4, -0.2) is 30.4 Å². The summed E-state index contributed by atoms with van der Waals surface area (Å²) in [6.45, 7) is 5.60. The molecule has 1 atom stereocenters. The highest BCUT2D eigenvalue weighted by atomic mass is 19.1. The van der Waals surface area contributed by atoms with E-state index < -0.39 is 0 Å². The predicted molar refractivity (Wildman–Crippen MR) is 105 cm³/mol. The molecule has 2 heterocycles. The summed E-state index contributed by atoms with van der Waals surface area (Å²) >= 11 is 0. The lowest BCUT2D eigenvalue weighted by atomic mass is 9.62. The van der Waals surface area contributed by atoms with Crippen LogP contribution in [-0.2, 0) is 11.3 Å². The highest BCUT2D eigenvalue weighted by Gasteiger charge is 2.46. The summed E-state index contributed by atoms with van der Waals surface area (Å²) in [6.07, 6.45) is 2.59. The van der Waals surface area contributed by atoms with E-state index in [4.69, 9.17) is 0 Å². The number of benzene rings is 2. The third-order valence-electron chi connectivity index (χ3n) is 6.46. The van der Waals surface area contributed by atoms with E-state index in [1.165, 1.54) is 11.1 Å². The van der Waals surface area contributed by atoms with Crippen LogP contribution < -0.4 is 5.32 Å². The summed E-state index contributed by atoms with van der Waals surface area (Å²) in [6, 6.07) is 15.6. The van der Waals surface area contributed by atoms with Gasteiger partial charge in [-0.15, -0.1) is 0 Å². The van der Waals surface area contributed by atoms with Crippen LogP contribution >= 0.6 is 0 Å². The largest absolute Gasteiger partial charge is 0.355 e. The maximum Gasteiger partial charge on any atom is 0.220 e. The van der Waals surface area contributed by atoms with E-state index >= 15 is 0 Å². The molecule has 1 amide bonds. The zero-order valence-electron chi connectivity index (χ0n) is 15.9. The topological polar surface area (TPSA) is 32.3 Å². The van der Waals surface area contributed by atoms with Crippen molar-refractivity contribution in [3.63, 3.8) is 0 Å². The Labute approximate surface area is 160 Å². The van der Waals surface area contributed by atoms with Crippen molar-refractivity contribution in [2.75, 3.05) is 19.6 Å². The van der Waals surface area contributed by atoms with Gasteiger partial charge in [0.1, 0.15) is 5.82 Å². The van der Waals surface area contributed by atoms with Crippen LogP contribution in [0.2, 0.25) is 0 Å². The molecule has 142 valence electrons. The Hall–Kier alpha value is -2.20. The Balaban J connectivity index is 1.53. The van der Waals surface area contributed by atoms with E-state index in [1.807, 2.05) is 19.1 Å². The molecule has 2 aromatic carbocycles. The summed E-state index contributed by atoms with van der Waals surface area (Å²) in [5.74, 6) is 0.222. The number of nitrogens with zero attached hydrogens (tertiary/aromatic N) is 1. The van der Waals surface area contributed by atoms with E-state index in [0.29, 0.717) is 13.0 Å². The van der Waals surface area contributed by atoms with Crippen molar-refractivity contribution < 1.29 is 9.18 Å². The van der Waals surface area contributed by atoms with Crippen molar-refractivity contribution in [1.29, 1.82) is 0 Å². The van der Waals surface area contributed by atoms with E-state index in [2.05, 4.69) is 34.5 Å². The molecule has 0 saturated carbocycles. The first-order valence-corrected chi connectivity index (χ1v) is 9.85. The van der Waals surface area contributed by atoms with Crippen LogP contribution in [0.25, 0.3) is 0 Å². The number of halogens is 1.